The van der Waals surface area contributed by atoms with Gasteiger partial charge in [0.2, 0.25) is 11.7 Å². The molecule has 3 rings (SSSR count). The molecular formula is C12H20N4O3. The smallest absolute Gasteiger partial charge is 0.243 e. The Morgan fingerprint density at radius 1 is 1.53 bits per heavy atom. The average molecular weight is 268 g/mol. The molecule has 1 aromatic rings. The molecule has 1 unspecified atom stereocenters. The Morgan fingerprint density at radius 2 is 2.42 bits per heavy atom. The summed E-state index contributed by atoms with van der Waals surface area (Å²) in [6.07, 6.45) is 0.174. The van der Waals surface area contributed by atoms with Crippen LogP contribution in [0.15, 0.2) is 4.52 Å². The third-order valence-corrected chi connectivity index (χ3v) is 3.75. The van der Waals surface area contributed by atoms with Crippen LogP contribution >= 0.6 is 0 Å². The van der Waals surface area contributed by atoms with Crippen molar-refractivity contribution in [3.63, 3.8) is 0 Å². The standard InChI is InChI=1S/C12H20N4O3/c1-2-16-3-4-18-10(7-16)11-14-12(19-15-11)9-5-8(17)6-13-9/h8-10,13,17H,2-7H2,1H3/t8-,9-,10?/m0/s1. The quantitative estimate of drug-likeness (QED) is 0.789. The molecule has 7 nitrogen and oxygen atoms in total. The van der Waals surface area contributed by atoms with Crippen molar-refractivity contribution < 1.29 is 14.4 Å². The van der Waals surface area contributed by atoms with Gasteiger partial charge in [-0.25, -0.2) is 0 Å². The minimum atomic E-state index is -0.332. The van der Waals surface area contributed by atoms with E-state index in [0.29, 0.717) is 31.3 Å². The summed E-state index contributed by atoms with van der Waals surface area (Å²) in [7, 11) is 0. The van der Waals surface area contributed by atoms with E-state index in [1.807, 2.05) is 0 Å². The number of aromatic nitrogens is 2. The second-order valence-electron chi connectivity index (χ2n) is 5.09. The highest BCUT2D eigenvalue weighted by atomic mass is 16.5. The summed E-state index contributed by atoms with van der Waals surface area (Å²) in [4.78, 5) is 6.72. The van der Waals surface area contributed by atoms with Gasteiger partial charge in [0.1, 0.15) is 6.10 Å². The molecule has 0 radical (unpaired) electrons. The van der Waals surface area contributed by atoms with Gasteiger partial charge in [-0.1, -0.05) is 12.1 Å². The van der Waals surface area contributed by atoms with Crippen LogP contribution in [0.5, 0.6) is 0 Å². The molecule has 2 N–H and O–H groups in total. The third kappa shape index (κ3) is 2.79. The highest BCUT2D eigenvalue weighted by Gasteiger charge is 2.31. The Hall–Kier alpha value is -1.02. The van der Waals surface area contributed by atoms with Crippen LogP contribution in [0.1, 0.15) is 37.2 Å². The summed E-state index contributed by atoms with van der Waals surface area (Å²) in [6.45, 7) is 6.16. The Kier molecular flexibility index (Phi) is 3.79. The van der Waals surface area contributed by atoms with Crippen molar-refractivity contribution in [1.82, 2.24) is 20.4 Å². The molecule has 19 heavy (non-hydrogen) atoms. The van der Waals surface area contributed by atoms with Crippen molar-refractivity contribution in [2.24, 2.45) is 0 Å². The van der Waals surface area contributed by atoms with E-state index >= 15 is 0 Å². The maximum absolute atomic E-state index is 9.50. The van der Waals surface area contributed by atoms with Crippen LogP contribution in [-0.4, -0.2) is 59.0 Å². The number of morpholine rings is 1. The number of hydrogen-bond donors (Lipinski definition) is 2. The average Bonchev–Trinajstić information content (AvgIpc) is 3.07. The summed E-state index contributed by atoms with van der Waals surface area (Å²) in [5, 5.41) is 16.7. The molecule has 2 saturated heterocycles. The number of aliphatic hydroxyl groups excluding tert-OH is 1. The molecule has 0 bridgehead atoms. The fourth-order valence-electron chi connectivity index (χ4n) is 2.57. The van der Waals surface area contributed by atoms with Gasteiger partial charge >= 0.3 is 0 Å². The summed E-state index contributed by atoms with van der Waals surface area (Å²) in [5.74, 6) is 1.15. The van der Waals surface area contributed by atoms with Gasteiger partial charge in [0.15, 0.2) is 0 Å². The van der Waals surface area contributed by atoms with Crippen molar-refractivity contribution in [1.29, 1.82) is 0 Å². The van der Waals surface area contributed by atoms with Crippen LogP contribution in [0.25, 0.3) is 0 Å². The minimum absolute atomic E-state index is 0.0397. The van der Waals surface area contributed by atoms with E-state index in [2.05, 4.69) is 27.3 Å². The first-order chi connectivity index (χ1) is 9.26. The van der Waals surface area contributed by atoms with Crippen molar-refractivity contribution >= 4 is 0 Å². The molecule has 2 fully saturated rings. The van der Waals surface area contributed by atoms with Crippen molar-refractivity contribution in [2.45, 2.75) is 31.6 Å². The molecule has 106 valence electrons. The lowest BCUT2D eigenvalue weighted by Crippen LogP contribution is -2.38. The topological polar surface area (TPSA) is 83.7 Å². The lowest BCUT2D eigenvalue weighted by atomic mass is 10.2. The molecule has 2 aliphatic rings. The van der Waals surface area contributed by atoms with Gasteiger partial charge in [-0.2, -0.15) is 4.98 Å². The summed E-state index contributed by atoms with van der Waals surface area (Å²) < 4.78 is 11.0. The number of ether oxygens (including phenoxy) is 1. The largest absolute Gasteiger partial charge is 0.392 e. The Morgan fingerprint density at radius 3 is 3.16 bits per heavy atom. The fraction of sp³-hybridized carbons (Fsp3) is 0.833. The molecule has 3 heterocycles. The van der Waals surface area contributed by atoms with E-state index < -0.39 is 0 Å². The summed E-state index contributed by atoms with van der Waals surface area (Å²) in [6, 6.07) is -0.0397. The van der Waals surface area contributed by atoms with Gasteiger partial charge in [-0.05, 0) is 13.0 Å². The Labute approximate surface area is 111 Å². The van der Waals surface area contributed by atoms with Crippen molar-refractivity contribution in [3.05, 3.63) is 11.7 Å². The Bertz CT molecular complexity index is 425. The van der Waals surface area contributed by atoms with Gasteiger partial charge < -0.3 is 19.7 Å². The van der Waals surface area contributed by atoms with E-state index in [4.69, 9.17) is 9.26 Å². The van der Waals surface area contributed by atoms with E-state index in [0.717, 1.165) is 19.6 Å². The predicted molar refractivity (Wildman–Crippen MR) is 66.5 cm³/mol. The molecule has 1 aromatic heterocycles. The maximum Gasteiger partial charge on any atom is 0.243 e. The molecular weight excluding hydrogens is 248 g/mol. The van der Waals surface area contributed by atoms with Crippen molar-refractivity contribution in [3.8, 4) is 0 Å². The zero-order chi connectivity index (χ0) is 13.2. The molecule has 0 amide bonds. The lowest BCUT2D eigenvalue weighted by Gasteiger charge is -2.30. The van der Waals surface area contributed by atoms with E-state index in [9.17, 15) is 5.11 Å². The zero-order valence-corrected chi connectivity index (χ0v) is 11.1. The Balaban J connectivity index is 1.67. The first-order valence-corrected chi connectivity index (χ1v) is 6.85. The fourth-order valence-corrected chi connectivity index (χ4v) is 2.57. The number of aliphatic hydroxyl groups is 1. The molecule has 0 aromatic carbocycles. The number of likely N-dealkylation sites (N-methyl/N-ethyl adjacent to an activating group) is 1. The highest BCUT2D eigenvalue weighted by Crippen LogP contribution is 2.25. The van der Waals surface area contributed by atoms with Crippen LogP contribution in [0.4, 0.5) is 0 Å². The molecule has 2 aliphatic heterocycles. The van der Waals surface area contributed by atoms with Crippen LogP contribution in [0, 0.1) is 0 Å². The number of hydrogen-bond acceptors (Lipinski definition) is 7. The normalized spacial score (nSPS) is 32.8. The first-order valence-electron chi connectivity index (χ1n) is 6.85. The second kappa shape index (κ2) is 5.54. The molecule has 0 aliphatic carbocycles. The number of rotatable bonds is 3. The van der Waals surface area contributed by atoms with Gasteiger partial charge in [0, 0.05) is 19.6 Å². The summed E-state index contributed by atoms with van der Waals surface area (Å²) >= 11 is 0. The van der Waals surface area contributed by atoms with Gasteiger partial charge in [-0.15, -0.1) is 0 Å². The molecule has 0 spiro atoms. The SMILES string of the molecule is CCN1CCOC(c2noc([C@@H]3C[C@H](O)CN3)n2)C1. The van der Waals surface area contributed by atoms with Crippen LogP contribution in [0.2, 0.25) is 0 Å². The maximum atomic E-state index is 9.50. The minimum Gasteiger partial charge on any atom is -0.392 e. The number of nitrogens with one attached hydrogen (secondary N) is 1. The monoisotopic (exact) mass is 268 g/mol. The van der Waals surface area contributed by atoms with Crippen LogP contribution < -0.4 is 5.32 Å². The molecule has 0 saturated carbocycles. The lowest BCUT2D eigenvalue weighted by molar-refractivity contribution is -0.0334. The summed E-state index contributed by atoms with van der Waals surface area (Å²) in [5.41, 5.74) is 0. The van der Waals surface area contributed by atoms with Gasteiger partial charge in [0.05, 0.1) is 18.8 Å². The van der Waals surface area contributed by atoms with Gasteiger partial charge in [-0.3, -0.25) is 4.90 Å². The van der Waals surface area contributed by atoms with Crippen LogP contribution in [0.3, 0.4) is 0 Å². The molecule has 7 heteroatoms. The van der Waals surface area contributed by atoms with Gasteiger partial charge in [0.25, 0.3) is 0 Å². The van der Waals surface area contributed by atoms with E-state index in [1.54, 1.807) is 0 Å². The van der Waals surface area contributed by atoms with Crippen molar-refractivity contribution in [2.75, 3.05) is 32.8 Å². The number of nitrogens with zero attached hydrogens (tertiary/aromatic N) is 3. The predicted octanol–water partition coefficient (Wildman–Crippen LogP) is -0.142. The zero-order valence-electron chi connectivity index (χ0n) is 11.1. The van der Waals surface area contributed by atoms with E-state index in [1.165, 1.54) is 0 Å². The molecule has 3 atom stereocenters. The highest BCUT2D eigenvalue weighted by molar-refractivity contribution is 5.00. The van der Waals surface area contributed by atoms with E-state index in [-0.39, 0.29) is 18.2 Å². The van der Waals surface area contributed by atoms with Crippen LogP contribution in [-0.2, 0) is 4.74 Å². The third-order valence-electron chi connectivity index (χ3n) is 3.75. The second-order valence-corrected chi connectivity index (χ2v) is 5.09. The number of β-amino-alcohol motifs (C(OH)–C–C–N with tert-alkyl or cyclic N) is 1. The first kappa shape index (κ1) is 13.0.